The zero-order valence-electron chi connectivity index (χ0n) is 14.0. The number of thioether (sulfide) groups is 1. The van der Waals surface area contributed by atoms with Crippen molar-refractivity contribution < 1.29 is 23.8 Å². The van der Waals surface area contributed by atoms with E-state index in [1.54, 1.807) is 18.2 Å². The lowest BCUT2D eigenvalue weighted by atomic mass is 10.2. The molecule has 1 aliphatic rings. The largest absolute Gasteiger partial charge is 0.454 e. The molecule has 0 aromatic heterocycles. The topological polar surface area (TPSA) is 85.9 Å². The van der Waals surface area contributed by atoms with Crippen molar-refractivity contribution in [1.29, 1.82) is 0 Å². The van der Waals surface area contributed by atoms with Gasteiger partial charge in [0.1, 0.15) is 5.60 Å². The Morgan fingerprint density at radius 3 is 2.75 bits per heavy atom. The summed E-state index contributed by atoms with van der Waals surface area (Å²) in [6.45, 7) is 6.06. The molecular weight excluding hydrogens is 332 g/mol. The summed E-state index contributed by atoms with van der Waals surface area (Å²) >= 11 is 1.43. The molecule has 1 aromatic carbocycles. The summed E-state index contributed by atoms with van der Waals surface area (Å²) in [6.07, 6.45) is -0.451. The molecule has 2 amide bonds. The predicted octanol–water partition coefficient (Wildman–Crippen LogP) is 2.61. The Kier molecular flexibility index (Phi) is 6.19. The van der Waals surface area contributed by atoms with Crippen LogP contribution >= 0.6 is 11.8 Å². The van der Waals surface area contributed by atoms with Crippen molar-refractivity contribution in [3.05, 3.63) is 18.2 Å². The lowest BCUT2D eigenvalue weighted by Gasteiger charge is -2.19. The molecule has 1 heterocycles. The van der Waals surface area contributed by atoms with E-state index in [0.717, 1.165) is 0 Å². The van der Waals surface area contributed by atoms with E-state index in [2.05, 4.69) is 10.6 Å². The average Bonchev–Trinajstić information content (AvgIpc) is 2.92. The molecule has 0 fully saturated rings. The third-order valence-electron chi connectivity index (χ3n) is 2.80. The van der Waals surface area contributed by atoms with Crippen LogP contribution in [0, 0.1) is 0 Å². The third kappa shape index (κ3) is 6.19. The zero-order valence-corrected chi connectivity index (χ0v) is 14.8. The summed E-state index contributed by atoms with van der Waals surface area (Å²) in [5.74, 6) is 2.10. The van der Waals surface area contributed by atoms with Gasteiger partial charge in [-0.05, 0) is 32.9 Å². The number of nitrogens with one attached hydrogen (secondary N) is 2. The standard InChI is InChI=1S/C16H22N2O5S/c1-16(2,3)23-15(20)17-6-7-24-9-14(19)18-11-4-5-12-13(8-11)22-10-21-12/h4-5,8H,6-7,9-10H2,1-3H3,(H,17,20)(H,18,19). The van der Waals surface area contributed by atoms with E-state index in [1.165, 1.54) is 11.8 Å². The molecule has 0 bridgehead atoms. The van der Waals surface area contributed by atoms with Crippen molar-refractivity contribution in [3.8, 4) is 11.5 Å². The van der Waals surface area contributed by atoms with Gasteiger partial charge in [-0.25, -0.2) is 4.79 Å². The summed E-state index contributed by atoms with van der Waals surface area (Å²) in [6, 6.07) is 5.25. The Balaban J connectivity index is 1.61. The van der Waals surface area contributed by atoms with Gasteiger partial charge in [-0.2, -0.15) is 11.8 Å². The number of fused-ring (bicyclic) bond motifs is 1. The molecule has 0 radical (unpaired) electrons. The highest BCUT2D eigenvalue weighted by Gasteiger charge is 2.16. The number of ether oxygens (including phenoxy) is 3. The van der Waals surface area contributed by atoms with Crippen LogP contribution < -0.4 is 20.1 Å². The summed E-state index contributed by atoms with van der Waals surface area (Å²) in [5, 5.41) is 5.44. The van der Waals surface area contributed by atoms with Crippen LogP contribution in [0.2, 0.25) is 0 Å². The minimum absolute atomic E-state index is 0.115. The van der Waals surface area contributed by atoms with Gasteiger partial charge in [0.15, 0.2) is 11.5 Å². The second-order valence-electron chi connectivity index (χ2n) is 6.10. The van der Waals surface area contributed by atoms with Gasteiger partial charge in [0, 0.05) is 24.1 Å². The lowest BCUT2D eigenvalue weighted by Crippen LogP contribution is -2.33. The first kappa shape index (κ1) is 18.3. The molecule has 0 saturated heterocycles. The van der Waals surface area contributed by atoms with Crippen LogP contribution in [0.3, 0.4) is 0 Å². The second-order valence-corrected chi connectivity index (χ2v) is 7.20. The summed E-state index contributed by atoms with van der Waals surface area (Å²) in [5.41, 5.74) is 0.151. The summed E-state index contributed by atoms with van der Waals surface area (Å²) in [7, 11) is 0. The van der Waals surface area contributed by atoms with Gasteiger partial charge in [-0.15, -0.1) is 0 Å². The predicted molar refractivity (Wildman–Crippen MR) is 92.8 cm³/mol. The van der Waals surface area contributed by atoms with Gasteiger partial charge in [-0.3, -0.25) is 4.79 Å². The van der Waals surface area contributed by atoms with Gasteiger partial charge in [-0.1, -0.05) is 0 Å². The van der Waals surface area contributed by atoms with Gasteiger partial charge < -0.3 is 24.8 Å². The monoisotopic (exact) mass is 354 g/mol. The van der Waals surface area contributed by atoms with Gasteiger partial charge in [0.25, 0.3) is 0 Å². The van der Waals surface area contributed by atoms with Crippen LogP contribution in [0.15, 0.2) is 18.2 Å². The van der Waals surface area contributed by atoms with Crippen molar-refractivity contribution in [2.75, 3.05) is 30.2 Å². The number of alkyl carbamates (subject to hydrolysis) is 1. The number of benzene rings is 1. The number of carbonyl (C=O) groups is 2. The van der Waals surface area contributed by atoms with Crippen molar-refractivity contribution in [1.82, 2.24) is 5.32 Å². The third-order valence-corrected chi connectivity index (χ3v) is 3.76. The molecule has 2 N–H and O–H groups in total. The summed E-state index contributed by atoms with van der Waals surface area (Å²) < 4.78 is 15.6. The van der Waals surface area contributed by atoms with Crippen molar-refractivity contribution in [2.45, 2.75) is 26.4 Å². The SMILES string of the molecule is CC(C)(C)OC(=O)NCCSCC(=O)Nc1ccc2c(c1)OCO2. The highest BCUT2D eigenvalue weighted by molar-refractivity contribution is 7.99. The Labute approximate surface area is 145 Å². The fourth-order valence-electron chi connectivity index (χ4n) is 1.88. The van der Waals surface area contributed by atoms with E-state index in [0.29, 0.717) is 35.2 Å². The number of anilines is 1. The molecule has 0 aliphatic carbocycles. The molecule has 24 heavy (non-hydrogen) atoms. The first-order valence-corrected chi connectivity index (χ1v) is 8.73. The maximum absolute atomic E-state index is 11.9. The van der Waals surface area contributed by atoms with Crippen LogP contribution in [-0.2, 0) is 9.53 Å². The minimum Gasteiger partial charge on any atom is -0.454 e. The maximum atomic E-state index is 11.9. The molecule has 1 aliphatic heterocycles. The zero-order chi connectivity index (χ0) is 17.6. The maximum Gasteiger partial charge on any atom is 0.407 e. The normalized spacial score (nSPS) is 12.6. The Morgan fingerprint density at radius 2 is 2.00 bits per heavy atom. The average molecular weight is 354 g/mol. The Bertz CT molecular complexity index is 601. The van der Waals surface area contributed by atoms with Crippen LogP contribution in [0.25, 0.3) is 0 Å². The molecule has 7 nitrogen and oxygen atoms in total. The van der Waals surface area contributed by atoms with Gasteiger partial charge in [0.2, 0.25) is 12.7 Å². The number of hydrogen-bond donors (Lipinski definition) is 2. The fraction of sp³-hybridized carbons (Fsp3) is 0.500. The Morgan fingerprint density at radius 1 is 1.25 bits per heavy atom. The molecule has 0 saturated carbocycles. The molecule has 8 heteroatoms. The smallest absolute Gasteiger partial charge is 0.407 e. The van der Waals surface area contributed by atoms with E-state index in [4.69, 9.17) is 14.2 Å². The number of amides is 2. The van der Waals surface area contributed by atoms with Crippen molar-refractivity contribution in [3.63, 3.8) is 0 Å². The highest BCUT2D eigenvalue weighted by atomic mass is 32.2. The van der Waals surface area contributed by atoms with Gasteiger partial charge in [0.05, 0.1) is 5.75 Å². The quantitative estimate of drug-likeness (QED) is 0.764. The molecule has 0 atom stereocenters. The number of carbonyl (C=O) groups excluding carboxylic acids is 2. The number of hydrogen-bond acceptors (Lipinski definition) is 6. The van der Waals surface area contributed by atoms with E-state index < -0.39 is 11.7 Å². The van der Waals surface area contributed by atoms with E-state index >= 15 is 0 Å². The van der Waals surface area contributed by atoms with Crippen LogP contribution in [0.1, 0.15) is 20.8 Å². The molecule has 2 rings (SSSR count). The first-order chi connectivity index (χ1) is 11.3. The van der Waals surface area contributed by atoms with Gasteiger partial charge >= 0.3 is 6.09 Å². The van der Waals surface area contributed by atoms with Crippen LogP contribution in [0.4, 0.5) is 10.5 Å². The molecule has 132 valence electrons. The molecular formula is C16H22N2O5S. The van der Waals surface area contributed by atoms with E-state index in [9.17, 15) is 9.59 Å². The van der Waals surface area contributed by atoms with E-state index in [-0.39, 0.29) is 12.7 Å². The highest BCUT2D eigenvalue weighted by Crippen LogP contribution is 2.34. The minimum atomic E-state index is -0.512. The van der Waals surface area contributed by atoms with E-state index in [1.807, 2.05) is 20.8 Å². The fourth-order valence-corrected chi connectivity index (χ4v) is 2.52. The lowest BCUT2D eigenvalue weighted by molar-refractivity contribution is -0.113. The van der Waals surface area contributed by atoms with Crippen LogP contribution in [-0.4, -0.2) is 42.4 Å². The van der Waals surface area contributed by atoms with Crippen molar-refractivity contribution >= 4 is 29.4 Å². The summed E-state index contributed by atoms with van der Waals surface area (Å²) in [4.78, 5) is 23.3. The Hall–Kier alpha value is -2.09. The molecule has 0 unspecified atom stereocenters. The van der Waals surface area contributed by atoms with Crippen molar-refractivity contribution in [2.24, 2.45) is 0 Å². The second kappa shape index (κ2) is 8.14. The molecule has 0 spiro atoms. The molecule has 1 aromatic rings. The van der Waals surface area contributed by atoms with Crippen LogP contribution in [0.5, 0.6) is 11.5 Å². The first-order valence-electron chi connectivity index (χ1n) is 7.57. The number of rotatable bonds is 6.